The summed E-state index contributed by atoms with van der Waals surface area (Å²) in [7, 11) is 0. The van der Waals surface area contributed by atoms with Crippen LogP contribution in [-0.2, 0) is 38.2 Å². The molecule has 10 atom stereocenters. The normalized spacial score (nSPS) is 39.5. The van der Waals surface area contributed by atoms with Crippen LogP contribution in [0, 0.1) is 23.7 Å². The Hall–Kier alpha value is -2.01. The molecular weight excluding hydrogens is 520 g/mol. The average molecular weight is 569 g/mol. The lowest BCUT2D eigenvalue weighted by Gasteiger charge is -2.55. The van der Waals surface area contributed by atoms with Gasteiger partial charge in [-0.25, -0.2) is 4.89 Å². The Morgan fingerprint density at radius 2 is 1.73 bits per heavy atom. The van der Waals surface area contributed by atoms with Crippen LogP contribution >= 0.6 is 0 Å². The van der Waals surface area contributed by atoms with Gasteiger partial charge in [0.25, 0.3) is 0 Å². The molecule has 10 nitrogen and oxygen atoms in total. The number of aliphatic hydroxyl groups is 1. The van der Waals surface area contributed by atoms with Crippen molar-refractivity contribution in [2.24, 2.45) is 23.7 Å². The first-order valence-electron chi connectivity index (χ1n) is 14.7. The summed E-state index contributed by atoms with van der Waals surface area (Å²) in [4.78, 5) is 42.8. The fraction of sp³-hybridized carbons (Fsp3) is 0.833. The van der Waals surface area contributed by atoms with Gasteiger partial charge in [0, 0.05) is 37.5 Å². The number of rotatable bonds is 9. The van der Waals surface area contributed by atoms with E-state index in [1.807, 2.05) is 34.6 Å². The standard InChI is InChI=1S/C30H48O10/c1-9-11-21(32)38-26-23(16(3)4)24-25(30(8,34)28(26)36-18(6)31)20-15-17(5)19(40-35)13-14-29(7,27(24)37-20)39-22(33)12-10-2/h16,19-20,23-28,34-35H,5,9-15H2,1-4,6-8H3. The van der Waals surface area contributed by atoms with E-state index in [-0.39, 0.29) is 31.1 Å². The Balaban J connectivity index is 2.21. The molecule has 2 aliphatic heterocycles. The monoisotopic (exact) mass is 568 g/mol. The van der Waals surface area contributed by atoms with Crippen LogP contribution in [0.4, 0.5) is 0 Å². The van der Waals surface area contributed by atoms with Gasteiger partial charge in [-0.2, -0.15) is 0 Å². The summed E-state index contributed by atoms with van der Waals surface area (Å²) in [6.45, 7) is 16.6. The second-order valence-corrected chi connectivity index (χ2v) is 12.5. The lowest BCUT2D eigenvalue weighted by atomic mass is 9.55. The van der Waals surface area contributed by atoms with Crippen LogP contribution in [0.15, 0.2) is 12.2 Å². The van der Waals surface area contributed by atoms with E-state index in [0.29, 0.717) is 31.3 Å². The maximum absolute atomic E-state index is 12.9. The molecule has 10 heteroatoms. The summed E-state index contributed by atoms with van der Waals surface area (Å²) in [5.41, 5.74) is -2.25. The minimum atomic E-state index is -1.68. The Labute approximate surface area is 237 Å². The molecular formula is C30H48O10. The van der Waals surface area contributed by atoms with E-state index in [2.05, 4.69) is 6.58 Å². The molecule has 0 aromatic carbocycles. The van der Waals surface area contributed by atoms with Crippen molar-refractivity contribution in [3.63, 3.8) is 0 Å². The zero-order chi connectivity index (χ0) is 30.0. The molecule has 40 heavy (non-hydrogen) atoms. The maximum Gasteiger partial charge on any atom is 0.306 e. The molecule has 3 fully saturated rings. The molecule has 0 aromatic rings. The van der Waals surface area contributed by atoms with Crippen LogP contribution in [0.2, 0.25) is 0 Å². The van der Waals surface area contributed by atoms with Crippen LogP contribution in [0.3, 0.4) is 0 Å². The second-order valence-electron chi connectivity index (χ2n) is 12.5. The van der Waals surface area contributed by atoms with E-state index in [4.69, 9.17) is 23.8 Å². The summed E-state index contributed by atoms with van der Waals surface area (Å²) < 4.78 is 24.7. The Bertz CT molecular complexity index is 945. The number of fused-ring (bicyclic) bond motifs is 5. The molecule has 0 amide bonds. The van der Waals surface area contributed by atoms with Crippen molar-refractivity contribution in [2.75, 3.05) is 0 Å². The second kappa shape index (κ2) is 12.9. The zero-order valence-electron chi connectivity index (χ0n) is 25.0. The molecule has 10 unspecified atom stereocenters. The minimum Gasteiger partial charge on any atom is -0.458 e. The quantitative estimate of drug-likeness (QED) is 0.136. The zero-order valence-corrected chi connectivity index (χ0v) is 25.0. The largest absolute Gasteiger partial charge is 0.458 e. The van der Waals surface area contributed by atoms with Gasteiger partial charge in [0.2, 0.25) is 0 Å². The summed E-state index contributed by atoms with van der Waals surface area (Å²) in [6.07, 6.45) is -1.63. The predicted molar refractivity (Wildman–Crippen MR) is 145 cm³/mol. The number of carbonyl (C=O) groups excluding carboxylic acids is 3. The van der Waals surface area contributed by atoms with E-state index in [9.17, 15) is 24.7 Å². The van der Waals surface area contributed by atoms with Crippen LogP contribution in [0.5, 0.6) is 0 Å². The van der Waals surface area contributed by atoms with E-state index < -0.39 is 71.4 Å². The first kappa shape index (κ1) is 32.5. The summed E-state index contributed by atoms with van der Waals surface area (Å²) in [6, 6.07) is 0. The SMILES string of the molecule is C=C1CC2OC(C3C(C(C)C)C(OC(=O)CCC)C(OC(C)=O)C(C)(O)C23)C(C)(OC(=O)CCC)CCC1OO. The van der Waals surface area contributed by atoms with Gasteiger partial charge in [-0.3, -0.25) is 19.6 Å². The van der Waals surface area contributed by atoms with Crippen molar-refractivity contribution in [2.45, 2.75) is 135 Å². The third-order valence-corrected chi connectivity index (χ3v) is 9.00. The molecule has 1 saturated carbocycles. The smallest absolute Gasteiger partial charge is 0.306 e. The topological polar surface area (TPSA) is 138 Å². The van der Waals surface area contributed by atoms with E-state index in [1.54, 1.807) is 6.92 Å². The lowest BCUT2D eigenvalue weighted by molar-refractivity contribution is -0.273. The molecule has 3 rings (SSSR count). The summed E-state index contributed by atoms with van der Waals surface area (Å²) >= 11 is 0. The van der Waals surface area contributed by atoms with E-state index >= 15 is 0 Å². The lowest BCUT2D eigenvalue weighted by Crippen LogP contribution is -2.68. The molecule has 2 heterocycles. The van der Waals surface area contributed by atoms with E-state index in [1.165, 1.54) is 6.92 Å². The minimum absolute atomic E-state index is 0.0822. The number of ether oxygens (including phenoxy) is 4. The van der Waals surface area contributed by atoms with Gasteiger partial charge in [0.1, 0.15) is 29.5 Å². The summed E-state index contributed by atoms with van der Waals surface area (Å²) in [5.74, 6) is -2.92. The highest BCUT2D eigenvalue weighted by atomic mass is 17.1. The molecule has 2 bridgehead atoms. The van der Waals surface area contributed by atoms with Gasteiger partial charge >= 0.3 is 17.9 Å². The van der Waals surface area contributed by atoms with Gasteiger partial charge in [-0.1, -0.05) is 34.3 Å². The molecule has 3 aliphatic rings. The first-order chi connectivity index (χ1) is 18.7. The van der Waals surface area contributed by atoms with Crippen LogP contribution in [-0.4, -0.2) is 70.0 Å². The molecule has 0 aromatic heterocycles. The van der Waals surface area contributed by atoms with Crippen LogP contribution in [0.25, 0.3) is 0 Å². The van der Waals surface area contributed by atoms with Crippen molar-refractivity contribution in [3.05, 3.63) is 12.2 Å². The van der Waals surface area contributed by atoms with Crippen LogP contribution < -0.4 is 0 Å². The predicted octanol–water partition coefficient (Wildman–Crippen LogP) is 4.37. The highest BCUT2D eigenvalue weighted by Gasteiger charge is 2.69. The van der Waals surface area contributed by atoms with Crippen LogP contribution in [0.1, 0.15) is 93.4 Å². The van der Waals surface area contributed by atoms with Crippen molar-refractivity contribution in [1.29, 1.82) is 0 Å². The molecule has 0 spiro atoms. The highest BCUT2D eigenvalue weighted by molar-refractivity contribution is 5.70. The van der Waals surface area contributed by atoms with Gasteiger partial charge in [0.05, 0.1) is 6.10 Å². The van der Waals surface area contributed by atoms with Crippen molar-refractivity contribution < 1.29 is 48.6 Å². The highest BCUT2D eigenvalue weighted by Crippen LogP contribution is 2.58. The molecule has 228 valence electrons. The number of hydrogen-bond donors (Lipinski definition) is 2. The molecule has 0 radical (unpaired) electrons. The Morgan fingerprint density at radius 3 is 2.27 bits per heavy atom. The number of esters is 3. The Morgan fingerprint density at radius 1 is 1.10 bits per heavy atom. The third kappa shape index (κ3) is 6.40. The van der Waals surface area contributed by atoms with Crippen molar-refractivity contribution in [1.82, 2.24) is 0 Å². The van der Waals surface area contributed by atoms with Crippen molar-refractivity contribution >= 4 is 17.9 Å². The fourth-order valence-electron chi connectivity index (χ4n) is 7.33. The fourth-order valence-corrected chi connectivity index (χ4v) is 7.33. The first-order valence-corrected chi connectivity index (χ1v) is 14.7. The third-order valence-electron chi connectivity index (χ3n) is 9.00. The molecule has 2 saturated heterocycles. The summed E-state index contributed by atoms with van der Waals surface area (Å²) in [5, 5.41) is 21.9. The average Bonchev–Trinajstić information content (AvgIpc) is 3.23. The maximum atomic E-state index is 12.9. The van der Waals surface area contributed by atoms with Gasteiger partial charge in [0.15, 0.2) is 6.10 Å². The van der Waals surface area contributed by atoms with Crippen molar-refractivity contribution in [3.8, 4) is 0 Å². The van der Waals surface area contributed by atoms with Gasteiger partial charge in [-0.15, -0.1) is 0 Å². The molecule has 2 N–H and O–H groups in total. The molecule has 1 aliphatic carbocycles. The van der Waals surface area contributed by atoms with Gasteiger partial charge < -0.3 is 24.1 Å². The van der Waals surface area contributed by atoms with E-state index in [0.717, 1.165) is 0 Å². The number of carbonyl (C=O) groups is 3. The van der Waals surface area contributed by atoms with Gasteiger partial charge in [-0.05, 0) is 57.4 Å². The Kier molecular flexibility index (Phi) is 10.5. The number of hydrogen-bond acceptors (Lipinski definition) is 10.